The van der Waals surface area contributed by atoms with Crippen LogP contribution in [0.1, 0.15) is 19.0 Å². The Balaban J connectivity index is 2.41. The molecule has 72 valence electrons. The molecule has 0 bridgehead atoms. The highest BCUT2D eigenvalue weighted by molar-refractivity contribution is 5.69. The summed E-state index contributed by atoms with van der Waals surface area (Å²) in [6.07, 6.45) is 4.77. The Labute approximate surface area is 77.5 Å². The molecule has 0 fully saturated rings. The third-order valence-electron chi connectivity index (χ3n) is 1.86. The lowest BCUT2D eigenvalue weighted by atomic mass is 10.2. The average molecular weight is 182 g/mol. The molecule has 1 aromatic rings. The lowest BCUT2D eigenvalue weighted by Gasteiger charge is -1.95. The Bertz CT molecular complexity index is 281. The molecule has 0 amide bonds. The van der Waals surface area contributed by atoms with Gasteiger partial charge in [0.25, 0.3) is 0 Å². The summed E-state index contributed by atoms with van der Waals surface area (Å²) in [5, 5.41) is 0. The molecule has 0 aliphatic heterocycles. The van der Waals surface area contributed by atoms with Gasteiger partial charge in [-0.1, -0.05) is 0 Å². The topological polar surface area (TPSA) is 44.1 Å². The van der Waals surface area contributed by atoms with Crippen LogP contribution in [0.5, 0.6) is 0 Å². The summed E-state index contributed by atoms with van der Waals surface area (Å²) in [6, 6.07) is 0. The number of aryl methyl sites for hydroxylation is 2. The van der Waals surface area contributed by atoms with Gasteiger partial charge in [0.1, 0.15) is 0 Å². The molecular formula is C9H14N2O2. The predicted molar refractivity (Wildman–Crippen MR) is 48.2 cm³/mol. The average Bonchev–Trinajstić information content (AvgIpc) is 2.61. The second kappa shape index (κ2) is 4.64. The van der Waals surface area contributed by atoms with Gasteiger partial charge >= 0.3 is 5.97 Å². The largest absolute Gasteiger partial charge is 0.469 e. The van der Waals surface area contributed by atoms with Crippen LogP contribution in [-0.4, -0.2) is 22.6 Å². The molecule has 13 heavy (non-hydrogen) atoms. The first-order valence-corrected chi connectivity index (χ1v) is 4.33. The van der Waals surface area contributed by atoms with Crippen LogP contribution in [0, 0.1) is 0 Å². The number of hydrogen-bond acceptors (Lipinski definition) is 3. The first kappa shape index (κ1) is 9.77. The van der Waals surface area contributed by atoms with E-state index in [2.05, 4.69) is 9.72 Å². The van der Waals surface area contributed by atoms with Crippen LogP contribution in [0.3, 0.4) is 0 Å². The lowest BCUT2D eigenvalue weighted by molar-refractivity contribution is -0.140. The van der Waals surface area contributed by atoms with Crippen molar-refractivity contribution in [1.82, 2.24) is 9.55 Å². The van der Waals surface area contributed by atoms with Crippen molar-refractivity contribution in [2.24, 2.45) is 0 Å². The van der Waals surface area contributed by atoms with Gasteiger partial charge in [-0.3, -0.25) is 4.79 Å². The molecule has 0 N–H and O–H groups in total. The highest BCUT2D eigenvalue weighted by Gasteiger charge is 2.03. The van der Waals surface area contributed by atoms with E-state index < -0.39 is 0 Å². The number of esters is 1. The maximum Gasteiger partial charge on any atom is 0.305 e. The van der Waals surface area contributed by atoms with Crippen molar-refractivity contribution in [2.75, 3.05) is 7.11 Å². The van der Waals surface area contributed by atoms with E-state index in [4.69, 9.17) is 0 Å². The van der Waals surface area contributed by atoms with Crippen molar-refractivity contribution < 1.29 is 9.53 Å². The Morgan fingerprint density at radius 3 is 3.00 bits per heavy atom. The fourth-order valence-corrected chi connectivity index (χ4v) is 1.04. The second-order valence-electron chi connectivity index (χ2n) is 2.77. The van der Waals surface area contributed by atoms with Gasteiger partial charge in [-0.2, -0.15) is 0 Å². The van der Waals surface area contributed by atoms with Gasteiger partial charge in [0.15, 0.2) is 0 Å². The minimum absolute atomic E-state index is 0.189. The number of aromatic nitrogens is 2. The fourth-order valence-electron chi connectivity index (χ4n) is 1.04. The first-order chi connectivity index (χ1) is 6.26. The molecule has 0 saturated carbocycles. The highest BCUT2D eigenvalue weighted by Crippen LogP contribution is 2.00. The molecule has 0 aliphatic carbocycles. The van der Waals surface area contributed by atoms with Gasteiger partial charge in [-0.15, -0.1) is 0 Å². The van der Waals surface area contributed by atoms with E-state index in [0.717, 1.165) is 12.2 Å². The molecule has 0 spiro atoms. The Kier molecular flexibility index (Phi) is 3.49. The number of methoxy groups -OCH3 is 1. The van der Waals surface area contributed by atoms with E-state index in [1.165, 1.54) is 7.11 Å². The van der Waals surface area contributed by atoms with Crippen LogP contribution in [0.25, 0.3) is 0 Å². The smallest absolute Gasteiger partial charge is 0.305 e. The van der Waals surface area contributed by atoms with Crippen LogP contribution in [0.4, 0.5) is 0 Å². The van der Waals surface area contributed by atoms with E-state index in [1.54, 1.807) is 6.33 Å². The number of ether oxygens (including phenoxy) is 1. The van der Waals surface area contributed by atoms with Gasteiger partial charge in [0, 0.05) is 19.2 Å². The van der Waals surface area contributed by atoms with E-state index in [-0.39, 0.29) is 5.97 Å². The Hall–Kier alpha value is -1.32. The van der Waals surface area contributed by atoms with Crippen molar-refractivity contribution in [3.8, 4) is 0 Å². The molecule has 0 aromatic carbocycles. The number of rotatable bonds is 4. The van der Waals surface area contributed by atoms with Crippen molar-refractivity contribution in [2.45, 2.75) is 26.3 Å². The third-order valence-corrected chi connectivity index (χ3v) is 1.86. The van der Waals surface area contributed by atoms with Gasteiger partial charge in [-0.25, -0.2) is 4.98 Å². The molecule has 0 saturated heterocycles. The second-order valence-corrected chi connectivity index (χ2v) is 2.77. The number of imidazole rings is 1. The number of carbonyl (C=O) groups excluding carboxylic acids is 1. The Morgan fingerprint density at radius 1 is 1.69 bits per heavy atom. The summed E-state index contributed by atoms with van der Waals surface area (Å²) < 4.78 is 6.51. The number of nitrogens with zero attached hydrogens (tertiary/aromatic N) is 2. The summed E-state index contributed by atoms with van der Waals surface area (Å²) in [6.45, 7) is 2.96. The minimum atomic E-state index is -0.189. The molecule has 0 atom stereocenters. The molecule has 4 heteroatoms. The van der Waals surface area contributed by atoms with Gasteiger partial charge in [-0.05, 0) is 6.92 Å². The summed E-state index contributed by atoms with van der Waals surface area (Å²) in [5.74, 6) is -0.189. The lowest BCUT2D eigenvalue weighted by Crippen LogP contribution is -2.01. The zero-order valence-electron chi connectivity index (χ0n) is 7.99. The van der Waals surface area contributed by atoms with Crippen LogP contribution < -0.4 is 0 Å². The molecule has 4 nitrogen and oxygen atoms in total. The van der Waals surface area contributed by atoms with Crippen LogP contribution >= 0.6 is 0 Å². The summed E-state index contributed by atoms with van der Waals surface area (Å²) in [4.78, 5) is 15.0. The van der Waals surface area contributed by atoms with E-state index in [1.807, 2.05) is 17.7 Å². The van der Waals surface area contributed by atoms with E-state index in [0.29, 0.717) is 12.8 Å². The SMILES string of the molecule is CCn1cnc(CCC(=O)OC)c1. The molecular weight excluding hydrogens is 168 g/mol. The van der Waals surface area contributed by atoms with E-state index in [9.17, 15) is 4.79 Å². The normalized spacial score (nSPS) is 10.0. The maximum absolute atomic E-state index is 10.8. The Morgan fingerprint density at radius 2 is 2.46 bits per heavy atom. The third kappa shape index (κ3) is 2.89. The quantitative estimate of drug-likeness (QED) is 0.653. The van der Waals surface area contributed by atoms with Gasteiger partial charge in [0.05, 0.1) is 25.6 Å². The summed E-state index contributed by atoms with van der Waals surface area (Å²) in [7, 11) is 1.40. The summed E-state index contributed by atoms with van der Waals surface area (Å²) >= 11 is 0. The van der Waals surface area contributed by atoms with Crippen molar-refractivity contribution in [3.63, 3.8) is 0 Å². The van der Waals surface area contributed by atoms with Crippen molar-refractivity contribution in [1.29, 1.82) is 0 Å². The zero-order chi connectivity index (χ0) is 9.68. The molecule has 1 rings (SSSR count). The van der Waals surface area contributed by atoms with Gasteiger partial charge in [0.2, 0.25) is 0 Å². The van der Waals surface area contributed by atoms with Gasteiger partial charge < -0.3 is 9.30 Å². The van der Waals surface area contributed by atoms with Crippen molar-refractivity contribution in [3.05, 3.63) is 18.2 Å². The predicted octanol–water partition coefficient (Wildman–Crippen LogP) is 1.01. The first-order valence-electron chi connectivity index (χ1n) is 4.33. The van der Waals surface area contributed by atoms with Crippen LogP contribution in [0.2, 0.25) is 0 Å². The molecule has 0 unspecified atom stereocenters. The minimum Gasteiger partial charge on any atom is -0.469 e. The number of carbonyl (C=O) groups is 1. The molecule has 1 aromatic heterocycles. The number of hydrogen-bond donors (Lipinski definition) is 0. The van der Waals surface area contributed by atoms with Crippen LogP contribution in [0.15, 0.2) is 12.5 Å². The van der Waals surface area contributed by atoms with Crippen molar-refractivity contribution >= 4 is 5.97 Å². The molecule has 0 aliphatic rings. The fraction of sp³-hybridized carbons (Fsp3) is 0.556. The maximum atomic E-state index is 10.8. The standard InChI is InChI=1S/C9H14N2O2/c1-3-11-6-8(10-7-11)4-5-9(12)13-2/h6-7H,3-5H2,1-2H3. The molecule has 1 heterocycles. The zero-order valence-corrected chi connectivity index (χ0v) is 7.99. The van der Waals surface area contributed by atoms with Crippen LogP contribution in [-0.2, 0) is 22.5 Å². The summed E-state index contributed by atoms with van der Waals surface area (Å²) in [5.41, 5.74) is 0.937. The molecule has 0 radical (unpaired) electrons. The highest BCUT2D eigenvalue weighted by atomic mass is 16.5. The monoisotopic (exact) mass is 182 g/mol. The van der Waals surface area contributed by atoms with E-state index >= 15 is 0 Å².